The third-order valence-electron chi connectivity index (χ3n) is 3.30. The Hall–Kier alpha value is -1.72. The maximum atomic E-state index is 12.4. The number of aryl methyl sites for hydroxylation is 2. The van der Waals surface area contributed by atoms with Crippen molar-refractivity contribution in [1.29, 1.82) is 0 Å². The Labute approximate surface area is 135 Å². The van der Waals surface area contributed by atoms with Crippen LogP contribution in [0.4, 0.5) is 5.69 Å². The lowest BCUT2D eigenvalue weighted by atomic mass is 10.1. The van der Waals surface area contributed by atoms with Gasteiger partial charge in [-0.3, -0.25) is 9.78 Å². The van der Waals surface area contributed by atoms with Crippen LogP contribution in [0.1, 0.15) is 20.8 Å². The van der Waals surface area contributed by atoms with E-state index in [4.69, 9.17) is 0 Å². The number of anilines is 1. The van der Waals surface area contributed by atoms with Gasteiger partial charge in [0.25, 0.3) is 5.91 Å². The molecule has 3 rings (SSSR count). The molecule has 0 radical (unpaired) electrons. The van der Waals surface area contributed by atoms with Crippen molar-refractivity contribution in [1.82, 2.24) is 4.98 Å². The second-order valence-corrected chi connectivity index (χ2v) is 7.22. The van der Waals surface area contributed by atoms with Crippen LogP contribution in [0.3, 0.4) is 0 Å². The number of hydrogen-bond donors (Lipinski definition) is 1. The molecular formula is C16H13BrN2OS. The van der Waals surface area contributed by atoms with E-state index >= 15 is 0 Å². The number of carbonyl (C=O) groups is 1. The third-order valence-corrected chi connectivity index (χ3v) is 5.44. The van der Waals surface area contributed by atoms with Crippen LogP contribution in [0, 0.1) is 13.8 Å². The van der Waals surface area contributed by atoms with Gasteiger partial charge in [-0.2, -0.15) is 0 Å². The largest absolute Gasteiger partial charge is 0.321 e. The number of rotatable bonds is 2. The van der Waals surface area contributed by atoms with E-state index in [1.54, 1.807) is 6.20 Å². The Kier molecular flexibility index (Phi) is 3.78. The second kappa shape index (κ2) is 5.58. The Morgan fingerprint density at radius 3 is 2.76 bits per heavy atom. The van der Waals surface area contributed by atoms with Gasteiger partial charge < -0.3 is 5.32 Å². The van der Waals surface area contributed by atoms with Crippen LogP contribution in [0.2, 0.25) is 0 Å². The average molecular weight is 361 g/mol. The van der Waals surface area contributed by atoms with Crippen LogP contribution in [-0.2, 0) is 0 Å². The normalized spacial score (nSPS) is 10.8. The maximum absolute atomic E-state index is 12.4. The molecule has 2 aromatic heterocycles. The van der Waals surface area contributed by atoms with Gasteiger partial charge in [-0.15, -0.1) is 11.3 Å². The first-order chi connectivity index (χ1) is 10.1. The number of hydrogen-bond acceptors (Lipinski definition) is 3. The summed E-state index contributed by atoms with van der Waals surface area (Å²) in [5.41, 5.74) is 3.87. The number of thiophene rings is 1. The van der Waals surface area contributed by atoms with Crippen LogP contribution < -0.4 is 5.32 Å². The van der Waals surface area contributed by atoms with Crippen molar-refractivity contribution in [3.63, 3.8) is 0 Å². The monoisotopic (exact) mass is 360 g/mol. The lowest BCUT2D eigenvalue weighted by molar-refractivity contribution is 0.103. The summed E-state index contributed by atoms with van der Waals surface area (Å²) in [6, 6.07) is 9.63. The van der Waals surface area contributed by atoms with Crippen molar-refractivity contribution in [2.75, 3.05) is 5.32 Å². The van der Waals surface area contributed by atoms with Crippen molar-refractivity contribution in [3.8, 4) is 0 Å². The smallest absolute Gasteiger partial charge is 0.265 e. The summed E-state index contributed by atoms with van der Waals surface area (Å²) in [6.45, 7) is 3.99. The van der Waals surface area contributed by atoms with E-state index in [0.717, 1.165) is 31.5 Å². The first kappa shape index (κ1) is 14.2. The van der Waals surface area contributed by atoms with E-state index in [0.29, 0.717) is 4.88 Å². The van der Waals surface area contributed by atoms with Gasteiger partial charge in [-0.05, 0) is 65.2 Å². The Balaban J connectivity index is 1.98. The first-order valence-corrected chi connectivity index (χ1v) is 8.09. The fourth-order valence-electron chi connectivity index (χ4n) is 2.18. The van der Waals surface area contributed by atoms with Crippen molar-refractivity contribution in [2.24, 2.45) is 0 Å². The summed E-state index contributed by atoms with van der Waals surface area (Å²) in [6.07, 6.45) is 1.76. The number of aromatic nitrogens is 1. The number of benzene rings is 1. The molecule has 0 bridgehead atoms. The molecule has 0 unspecified atom stereocenters. The number of fused-ring (bicyclic) bond motifs is 1. The number of nitrogens with zero attached hydrogens (tertiary/aromatic N) is 1. The van der Waals surface area contributed by atoms with Gasteiger partial charge in [0.05, 0.1) is 19.9 Å². The predicted molar refractivity (Wildman–Crippen MR) is 91.2 cm³/mol. The van der Waals surface area contributed by atoms with Crippen LogP contribution in [0.5, 0.6) is 0 Å². The molecule has 3 nitrogen and oxygen atoms in total. The van der Waals surface area contributed by atoms with Gasteiger partial charge in [-0.1, -0.05) is 6.07 Å². The van der Waals surface area contributed by atoms with Gasteiger partial charge in [0, 0.05) is 11.6 Å². The van der Waals surface area contributed by atoms with Crippen molar-refractivity contribution < 1.29 is 4.79 Å². The van der Waals surface area contributed by atoms with Gasteiger partial charge >= 0.3 is 0 Å². The molecule has 2 heterocycles. The molecule has 0 aliphatic carbocycles. The van der Waals surface area contributed by atoms with E-state index in [2.05, 4.69) is 26.2 Å². The summed E-state index contributed by atoms with van der Waals surface area (Å²) in [7, 11) is 0. The molecule has 106 valence electrons. The molecule has 0 aliphatic rings. The minimum atomic E-state index is -0.0946. The summed E-state index contributed by atoms with van der Waals surface area (Å²) in [4.78, 5) is 17.4. The number of amides is 1. The zero-order valence-electron chi connectivity index (χ0n) is 11.6. The lowest BCUT2D eigenvalue weighted by Gasteiger charge is -2.09. The fraction of sp³-hybridized carbons (Fsp3) is 0.125. The highest BCUT2D eigenvalue weighted by atomic mass is 79.9. The third kappa shape index (κ3) is 2.71. The zero-order valence-corrected chi connectivity index (χ0v) is 14.0. The highest BCUT2D eigenvalue weighted by molar-refractivity contribution is 9.11. The summed E-state index contributed by atoms with van der Waals surface area (Å²) >= 11 is 4.89. The van der Waals surface area contributed by atoms with E-state index in [1.807, 2.05) is 44.2 Å². The molecule has 3 aromatic rings. The molecule has 0 aliphatic heterocycles. The minimum absolute atomic E-state index is 0.0946. The highest BCUT2D eigenvalue weighted by Gasteiger charge is 2.13. The first-order valence-electron chi connectivity index (χ1n) is 6.48. The molecule has 5 heteroatoms. The predicted octanol–water partition coefficient (Wildman–Crippen LogP) is 4.93. The summed E-state index contributed by atoms with van der Waals surface area (Å²) < 4.78 is 0.989. The van der Waals surface area contributed by atoms with E-state index < -0.39 is 0 Å². The highest BCUT2D eigenvalue weighted by Crippen LogP contribution is 2.29. The van der Waals surface area contributed by atoms with Gasteiger partial charge in [-0.25, -0.2) is 0 Å². The van der Waals surface area contributed by atoms with Gasteiger partial charge in [0.1, 0.15) is 0 Å². The molecule has 0 spiro atoms. The summed E-state index contributed by atoms with van der Waals surface area (Å²) in [5.74, 6) is -0.0946. The molecule has 1 aromatic carbocycles. The van der Waals surface area contributed by atoms with Gasteiger partial charge in [0.15, 0.2) is 0 Å². The summed E-state index contributed by atoms with van der Waals surface area (Å²) in [5, 5.41) is 3.94. The standard InChI is InChI=1S/C16H13BrN2OS/c1-9-5-6-12(11-4-3-7-18-14(9)11)19-16(20)13-8-10(2)15(17)21-13/h3-8H,1-2H3,(H,19,20). The van der Waals surface area contributed by atoms with E-state index in [-0.39, 0.29) is 5.91 Å². The Morgan fingerprint density at radius 1 is 1.24 bits per heavy atom. The molecule has 1 amide bonds. The topological polar surface area (TPSA) is 42.0 Å². The van der Waals surface area contributed by atoms with Crippen molar-refractivity contribution >= 4 is 49.8 Å². The zero-order chi connectivity index (χ0) is 15.0. The number of carbonyl (C=O) groups excluding carboxylic acids is 1. The quantitative estimate of drug-likeness (QED) is 0.703. The molecule has 0 atom stereocenters. The number of nitrogens with one attached hydrogen (secondary N) is 1. The van der Waals surface area contributed by atoms with Crippen LogP contribution in [0.25, 0.3) is 10.9 Å². The molecular weight excluding hydrogens is 348 g/mol. The Bertz CT molecular complexity index is 822. The molecule has 0 saturated carbocycles. The second-order valence-electron chi connectivity index (χ2n) is 4.85. The Morgan fingerprint density at radius 2 is 2.05 bits per heavy atom. The van der Waals surface area contributed by atoms with Crippen LogP contribution in [-0.4, -0.2) is 10.9 Å². The van der Waals surface area contributed by atoms with E-state index in [1.165, 1.54) is 11.3 Å². The maximum Gasteiger partial charge on any atom is 0.265 e. The van der Waals surface area contributed by atoms with Gasteiger partial charge in [0.2, 0.25) is 0 Å². The van der Waals surface area contributed by atoms with Crippen LogP contribution >= 0.6 is 27.3 Å². The lowest BCUT2D eigenvalue weighted by Crippen LogP contribution is -2.10. The number of pyridine rings is 1. The fourth-order valence-corrected chi connectivity index (χ4v) is 3.61. The molecule has 0 saturated heterocycles. The minimum Gasteiger partial charge on any atom is -0.321 e. The number of halogens is 1. The van der Waals surface area contributed by atoms with Crippen molar-refractivity contribution in [3.05, 3.63) is 56.3 Å². The van der Waals surface area contributed by atoms with Crippen molar-refractivity contribution in [2.45, 2.75) is 13.8 Å². The SMILES string of the molecule is Cc1cc(C(=O)Nc2ccc(C)c3ncccc23)sc1Br. The van der Waals surface area contributed by atoms with Crippen LogP contribution in [0.15, 0.2) is 40.3 Å². The molecule has 1 N–H and O–H groups in total. The molecule has 0 fully saturated rings. The average Bonchev–Trinajstić information content (AvgIpc) is 2.82. The van der Waals surface area contributed by atoms with E-state index in [9.17, 15) is 4.79 Å². The molecule has 21 heavy (non-hydrogen) atoms.